The molecule has 0 amide bonds. The predicted octanol–water partition coefficient (Wildman–Crippen LogP) is 4.94. The Kier molecular flexibility index (Phi) is 3.47. The van der Waals surface area contributed by atoms with E-state index in [1.54, 1.807) is 0 Å². The van der Waals surface area contributed by atoms with Crippen LogP contribution in [0.2, 0.25) is 0 Å². The highest BCUT2D eigenvalue weighted by atomic mass is 79.9. The molecule has 2 aromatic rings. The molecule has 2 heteroatoms. The van der Waals surface area contributed by atoms with Crippen LogP contribution in [0.5, 0.6) is 0 Å². The van der Waals surface area contributed by atoms with E-state index in [-0.39, 0.29) is 0 Å². The van der Waals surface area contributed by atoms with Gasteiger partial charge in [0.2, 0.25) is 0 Å². The summed E-state index contributed by atoms with van der Waals surface area (Å²) in [4.78, 5) is 0. The van der Waals surface area contributed by atoms with Crippen LogP contribution in [0.1, 0.15) is 16.7 Å². The van der Waals surface area contributed by atoms with Gasteiger partial charge in [-0.05, 0) is 46.5 Å². The molecule has 0 aliphatic rings. The molecule has 0 aliphatic carbocycles. The lowest BCUT2D eigenvalue weighted by atomic mass is 10.00. The van der Waals surface area contributed by atoms with Crippen LogP contribution in [-0.4, -0.2) is 0 Å². The first-order valence-electron chi connectivity index (χ1n) is 4.89. The van der Waals surface area contributed by atoms with Crippen molar-refractivity contribution in [1.82, 2.24) is 0 Å². The zero-order valence-electron chi connectivity index (χ0n) is 8.56. The standard InChI is InChI=1S/C13H12Br2/c1-9-3-2-4-10-5-11(7-14)12(8-15)6-13(9)10/h2-6H,7-8H2,1H3. The fraction of sp³-hybridized carbons (Fsp3) is 0.231. The quantitative estimate of drug-likeness (QED) is 0.685. The highest BCUT2D eigenvalue weighted by molar-refractivity contribution is 9.09. The van der Waals surface area contributed by atoms with E-state index in [0.29, 0.717) is 0 Å². The molecule has 0 unspecified atom stereocenters. The van der Waals surface area contributed by atoms with Crippen molar-refractivity contribution in [3.05, 3.63) is 47.0 Å². The maximum atomic E-state index is 3.54. The van der Waals surface area contributed by atoms with Crippen LogP contribution in [0.4, 0.5) is 0 Å². The Morgan fingerprint density at radius 3 is 2.33 bits per heavy atom. The average molecular weight is 328 g/mol. The molecule has 0 heterocycles. The Morgan fingerprint density at radius 1 is 1.00 bits per heavy atom. The summed E-state index contributed by atoms with van der Waals surface area (Å²) in [6.07, 6.45) is 0. The second-order valence-corrected chi connectivity index (χ2v) is 4.81. The van der Waals surface area contributed by atoms with E-state index in [0.717, 1.165) is 10.7 Å². The van der Waals surface area contributed by atoms with E-state index in [9.17, 15) is 0 Å². The lowest BCUT2D eigenvalue weighted by Gasteiger charge is -2.08. The second kappa shape index (κ2) is 4.67. The third-order valence-electron chi connectivity index (χ3n) is 2.71. The Balaban J connectivity index is 2.75. The molecule has 0 nitrogen and oxygen atoms in total. The van der Waals surface area contributed by atoms with Crippen LogP contribution < -0.4 is 0 Å². The van der Waals surface area contributed by atoms with E-state index in [1.807, 2.05) is 0 Å². The second-order valence-electron chi connectivity index (χ2n) is 3.68. The summed E-state index contributed by atoms with van der Waals surface area (Å²) >= 11 is 7.07. The van der Waals surface area contributed by atoms with Gasteiger partial charge in [-0.1, -0.05) is 50.1 Å². The van der Waals surface area contributed by atoms with Gasteiger partial charge < -0.3 is 0 Å². The van der Waals surface area contributed by atoms with Crippen LogP contribution in [0.3, 0.4) is 0 Å². The van der Waals surface area contributed by atoms with Gasteiger partial charge in [-0.15, -0.1) is 0 Å². The highest BCUT2D eigenvalue weighted by Crippen LogP contribution is 2.25. The minimum absolute atomic E-state index is 0.914. The van der Waals surface area contributed by atoms with Crippen molar-refractivity contribution in [3.8, 4) is 0 Å². The Hall–Kier alpha value is -0.340. The molecule has 15 heavy (non-hydrogen) atoms. The van der Waals surface area contributed by atoms with Gasteiger partial charge in [0.25, 0.3) is 0 Å². The molecule has 0 spiro atoms. The topological polar surface area (TPSA) is 0 Å². The minimum atomic E-state index is 0.914. The molecule has 0 saturated heterocycles. The van der Waals surface area contributed by atoms with Crippen molar-refractivity contribution in [2.45, 2.75) is 17.6 Å². The molecule has 78 valence electrons. The first-order valence-corrected chi connectivity index (χ1v) is 7.13. The van der Waals surface area contributed by atoms with Gasteiger partial charge in [0.1, 0.15) is 0 Å². The van der Waals surface area contributed by atoms with E-state index in [1.165, 1.54) is 27.5 Å². The SMILES string of the molecule is Cc1cccc2cc(CBr)c(CBr)cc12. The number of rotatable bonds is 2. The molecule has 0 atom stereocenters. The smallest absolute Gasteiger partial charge is 0.0286 e. The van der Waals surface area contributed by atoms with Gasteiger partial charge in [0, 0.05) is 10.7 Å². The van der Waals surface area contributed by atoms with Crippen molar-refractivity contribution in [1.29, 1.82) is 0 Å². The van der Waals surface area contributed by atoms with Crippen molar-refractivity contribution in [2.24, 2.45) is 0 Å². The van der Waals surface area contributed by atoms with E-state index in [4.69, 9.17) is 0 Å². The number of alkyl halides is 2. The van der Waals surface area contributed by atoms with Gasteiger partial charge >= 0.3 is 0 Å². The lowest BCUT2D eigenvalue weighted by Crippen LogP contribution is -1.89. The summed E-state index contributed by atoms with van der Waals surface area (Å²) in [5.74, 6) is 0. The molecule has 0 fully saturated rings. The van der Waals surface area contributed by atoms with Crippen molar-refractivity contribution < 1.29 is 0 Å². The van der Waals surface area contributed by atoms with Crippen molar-refractivity contribution in [3.63, 3.8) is 0 Å². The van der Waals surface area contributed by atoms with Crippen LogP contribution in [0.25, 0.3) is 10.8 Å². The maximum absolute atomic E-state index is 3.54. The van der Waals surface area contributed by atoms with E-state index < -0.39 is 0 Å². The van der Waals surface area contributed by atoms with E-state index >= 15 is 0 Å². The Bertz CT molecular complexity index is 489. The number of hydrogen-bond donors (Lipinski definition) is 0. The number of aryl methyl sites for hydroxylation is 1. The third-order valence-corrected chi connectivity index (χ3v) is 3.91. The molecule has 0 aliphatic heterocycles. The normalized spacial score (nSPS) is 10.9. The average Bonchev–Trinajstić information content (AvgIpc) is 2.28. The minimum Gasteiger partial charge on any atom is -0.0876 e. The van der Waals surface area contributed by atoms with Gasteiger partial charge in [0.05, 0.1) is 0 Å². The largest absolute Gasteiger partial charge is 0.0876 e. The molecular formula is C13H12Br2. The number of fused-ring (bicyclic) bond motifs is 1. The first kappa shape index (κ1) is 11.2. The summed E-state index contributed by atoms with van der Waals surface area (Å²) in [6.45, 7) is 2.16. The summed E-state index contributed by atoms with van der Waals surface area (Å²) in [5, 5.41) is 4.52. The van der Waals surface area contributed by atoms with Crippen molar-refractivity contribution in [2.75, 3.05) is 0 Å². The molecule has 0 N–H and O–H groups in total. The monoisotopic (exact) mass is 326 g/mol. The summed E-state index contributed by atoms with van der Waals surface area (Å²) in [7, 11) is 0. The highest BCUT2D eigenvalue weighted by Gasteiger charge is 2.04. The molecular weight excluding hydrogens is 316 g/mol. The van der Waals surface area contributed by atoms with Crippen LogP contribution in [0.15, 0.2) is 30.3 Å². The maximum Gasteiger partial charge on any atom is 0.0286 e. The zero-order chi connectivity index (χ0) is 10.8. The van der Waals surface area contributed by atoms with Gasteiger partial charge in [-0.2, -0.15) is 0 Å². The fourth-order valence-electron chi connectivity index (χ4n) is 1.82. The van der Waals surface area contributed by atoms with Crippen LogP contribution in [0, 0.1) is 6.92 Å². The van der Waals surface area contributed by atoms with Crippen LogP contribution in [-0.2, 0) is 10.7 Å². The lowest BCUT2D eigenvalue weighted by molar-refractivity contribution is 1.32. The zero-order valence-corrected chi connectivity index (χ0v) is 11.7. The summed E-state index contributed by atoms with van der Waals surface area (Å²) in [5.41, 5.74) is 4.08. The summed E-state index contributed by atoms with van der Waals surface area (Å²) in [6, 6.07) is 11.0. The predicted molar refractivity (Wildman–Crippen MR) is 73.9 cm³/mol. The third kappa shape index (κ3) is 2.11. The van der Waals surface area contributed by atoms with Gasteiger partial charge in [0.15, 0.2) is 0 Å². The molecule has 2 rings (SSSR count). The number of benzene rings is 2. The fourth-order valence-corrected chi connectivity index (χ4v) is 2.87. The van der Waals surface area contributed by atoms with Crippen LogP contribution >= 0.6 is 31.9 Å². The molecule has 0 saturated carbocycles. The molecule has 0 aromatic heterocycles. The summed E-state index contributed by atoms with van der Waals surface area (Å²) < 4.78 is 0. The molecule has 0 bridgehead atoms. The first-order chi connectivity index (χ1) is 7.26. The number of hydrogen-bond acceptors (Lipinski definition) is 0. The molecule has 2 aromatic carbocycles. The van der Waals surface area contributed by atoms with Crippen molar-refractivity contribution >= 4 is 42.6 Å². The van der Waals surface area contributed by atoms with Gasteiger partial charge in [-0.3, -0.25) is 0 Å². The number of halogens is 2. The van der Waals surface area contributed by atoms with Gasteiger partial charge in [-0.25, -0.2) is 0 Å². The Labute approximate surface area is 107 Å². The molecule has 0 radical (unpaired) electrons. The van der Waals surface area contributed by atoms with E-state index in [2.05, 4.69) is 69.1 Å². The Morgan fingerprint density at radius 2 is 1.67 bits per heavy atom.